The molecule has 0 unspecified atom stereocenters. The average molecular weight is 285 g/mol. The summed E-state index contributed by atoms with van der Waals surface area (Å²) in [6.07, 6.45) is 0.963. The van der Waals surface area contributed by atoms with Crippen molar-refractivity contribution < 1.29 is 4.39 Å². The highest BCUT2D eigenvalue weighted by Gasteiger charge is 2.07. The lowest BCUT2D eigenvalue weighted by molar-refractivity contribution is 0.631. The molecule has 0 spiro atoms. The zero-order valence-corrected chi connectivity index (χ0v) is 11.9. The molecule has 0 atom stereocenters. The number of nitrogens with zero attached hydrogens (tertiary/aromatic N) is 3. The van der Waals surface area contributed by atoms with E-state index in [1.54, 1.807) is 12.1 Å². The average Bonchev–Trinajstić information content (AvgIpc) is 2.46. The summed E-state index contributed by atoms with van der Waals surface area (Å²) in [6, 6.07) is 7.88. The minimum Gasteiger partial charge on any atom is -0.354 e. The second-order valence-electron chi connectivity index (χ2n) is 4.58. The van der Waals surface area contributed by atoms with Crippen LogP contribution in [0.3, 0.4) is 0 Å². The third-order valence-electron chi connectivity index (χ3n) is 2.75. The number of halogens is 1. The molecule has 0 saturated carbocycles. The van der Waals surface area contributed by atoms with Gasteiger partial charge in [-0.05, 0) is 31.5 Å². The number of aryl methyl sites for hydroxylation is 1. The molecule has 1 heterocycles. The molecule has 0 saturated heterocycles. The summed E-state index contributed by atoms with van der Waals surface area (Å²) < 4.78 is 13.9. The molecule has 0 aliphatic heterocycles. The van der Waals surface area contributed by atoms with Crippen molar-refractivity contribution in [1.82, 2.24) is 9.97 Å². The molecule has 2 N–H and O–H groups in total. The molecule has 2 aromatic rings. The van der Waals surface area contributed by atoms with Crippen LogP contribution in [0.4, 0.5) is 21.8 Å². The van der Waals surface area contributed by atoms with Gasteiger partial charge in [0.2, 0.25) is 5.95 Å². The number of nitrogens with one attached hydrogen (secondary N) is 2. The Hall–Kier alpha value is -2.68. The van der Waals surface area contributed by atoms with Crippen molar-refractivity contribution in [2.75, 3.05) is 17.2 Å². The van der Waals surface area contributed by atoms with Crippen molar-refractivity contribution in [3.8, 4) is 6.07 Å². The van der Waals surface area contributed by atoms with Gasteiger partial charge >= 0.3 is 0 Å². The summed E-state index contributed by atoms with van der Waals surface area (Å²) in [6.45, 7) is 4.67. The van der Waals surface area contributed by atoms with Crippen LogP contribution < -0.4 is 10.6 Å². The number of benzene rings is 1. The normalized spacial score (nSPS) is 10.0. The Morgan fingerprint density at radius 1 is 1.29 bits per heavy atom. The minimum atomic E-state index is -0.492. The van der Waals surface area contributed by atoms with Gasteiger partial charge in [-0.25, -0.2) is 9.37 Å². The number of hydrogen-bond acceptors (Lipinski definition) is 5. The molecule has 0 bridgehead atoms. The highest BCUT2D eigenvalue weighted by Crippen LogP contribution is 2.20. The molecule has 5 nitrogen and oxygen atoms in total. The van der Waals surface area contributed by atoms with Crippen molar-refractivity contribution in [1.29, 1.82) is 5.26 Å². The minimum absolute atomic E-state index is 0.272. The maximum atomic E-state index is 13.9. The van der Waals surface area contributed by atoms with Gasteiger partial charge in [0.05, 0.1) is 17.3 Å². The van der Waals surface area contributed by atoms with Gasteiger partial charge < -0.3 is 10.6 Å². The number of anilines is 3. The maximum absolute atomic E-state index is 13.9. The maximum Gasteiger partial charge on any atom is 0.224 e. The Labute approximate surface area is 122 Å². The molecule has 0 aliphatic carbocycles. The predicted octanol–water partition coefficient (Wildman–Crippen LogP) is 3.36. The van der Waals surface area contributed by atoms with Crippen LogP contribution in [0.5, 0.6) is 0 Å². The monoisotopic (exact) mass is 285 g/mol. The van der Waals surface area contributed by atoms with Gasteiger partial charge in [-0.3, -0.25) is 0 Å². The van der Waals surface area contributed by atoms with E-state index in [2.05, 4.69) is 20.6 Å². The van der Waals surface area contributed by atoms with Gasteiger partial charge in [-0.2, -0.15) is 10.2 Å². The summed E-state index contributed by atoms with van der Waals surface area (Å²) in [7, 11) is 0. The Bertz CT molecular complexity index is 678. The van der Waals surface area contributed by atoms with Gasteiger partial charge in [0.25, 0.3) is 0 Å². The molecule has 6 heteroatoms. The first kappa shape index (κ1) is 14.7. The van der Waals surface area contributed by atoms with Gasteiger partial charge in [0, 0.05) is 18.3 Å². The first-order valence-electron chi connectivity index (χ1n) is 6.68. The lowest BCUT2D eigenvalue weighted by Crippen LogP contribution is -2.07. The van der Waals surface area contributed by atoms with Gasteiger partial charge in [0.1, 0.15) is 11.6 Å². The molecular formula is C15H16FN5. The van der Waals surface area contributed by atoms with Crippen LogP contribution in [0.25, 0.3) is 0 Å². The second-order valence-corrected chi connectivity index (χ2v) is 4.58. The summed E-state index contributed by atoms with van der Waals surface area (Å²) in [5, 5.41) is 14.7. The zero-order chi connectivity index (χ0) is 15.2. The summed E-state index contributed by atoms with van der Waals surface area (Å²) in [4.78, 5) is 8.55. The predicted molar refractivity (Wildman–Crippen MR) is 79.9 cm³/mol. The number of rotatable bonds is 5. The first-order valence-corrected chi connectivity index (χ1v) is 6.68. The summed E-state index contributed by atoms with van der Waals surface area (Å²) >= 11 is 0. The largest absolute Gasteiger partial charge is 0.354 e. The van der Waals surface area contributed by atoms with Crippen molar-refractivity contribution in [3.05, 3.63) is 41.3 Å². The van der Waals surface area contributed by atoms with E-state index in [1.807, 2.05) is 19.9 Å². The molecule has 0 radical (unpaired) electrons. The van der Waals surface area contributed by atoms with E-state index in [0.29, 0.717) is 11.8 Å². The van der Waals surface area contributed by atoms with E-state index >= 15 is 0 Å². The van der Waals surface area contributed by atoms with Crippen LogP contribution in [-0.4, -0.2) is 16.5 Å². The number of nitriles is 1. The van der Waals surface area contributed by atoms with Gasteiger partial charge in [-0.15, -0.1) is 0 Å². The van der Waals surface area contributed by atoms with Crippen LogP contribution in [0.1, 0.15) is 24.6 Å². The molecule has 21 heavy (non-hydrogen) atoms. The SMILES string of the molecule is CCCNc1nc(C)cc(Nc2ccc(C#N)cc2F)n1. The van der Waals surface area contributed by atoms with Crippen molar-refractivity contribution in [2.24, 2.45) is 0 Å². The first-order chi connectivity index (χ1) is 10.1. The van der Waals surface area contributed by atoms with E-state index in [-0.39, 0.29) is 11.3 Å². The van der Waals surface area contributed by atoms with E-state index in [4.69, 9.17) is 5.26 Å². The van der Waals surface area contributed by atoms with E-state index in [9.17, 15) is 4.39 Å². The Morgan fingerprint density at radius 2 is 2.10 bits per heavy atom. The third-order valence-corrected chi connectivity index (χ3v) is 2.75. The van der Waals surface area contributed by atoms with Crippen molar-refractivity contribution in [2.45, 2.75) is 20.3 Å². The van der Waals surface area contributed by atoms with Gasteiger partial charge in [0.15, 0.2) is 0 Å². The van der Waals surface area contributed by atoms with Crippen LogP contribution in [-0.2, 0) is 0 Å². The Kier molecular flexibility index (Phi) is 4.67. The van der Waals surface area contributed by atoms with Crippen LogP contribution in [0.2, 0.25) is 0 Å². The fourth-order valence-electron chi connectivity index (χ4n) is 1.77. The summed E-state index contributed by atoms with van der Waals surface area (Å²) in [5.41, 5.74) is 1.33. The summed E-state index contributed by atoms with van der Waals surface area (Å²) in [5.74, 6) is 0.520. The molecule has 108 valence electrons. The van der Waals surface area contributed by atoms with Crippen LogP contribution in [0, 0.1) is 24.1 Å². The van der Waals surface area contributed by atoms with E-state index in [1.165, 1.54) is 12.1 Å². The molecule has 0 fully saturated rings. The highest BCUT2D eigenvalue weighted by atomic mass is 19.1. The number of hydrogen-bond donors (Lipinski definition) is 2. The van der Waals surface area contributed by atoms with Crippen molar-refractivity contribution >= 4 is 17.5 Å². The standard InChI is InChI=1S/C15H16FN5/c1-3-6-18-15-19-10(2)7-14(21-15)20-13-5-4-11(9-17)8-12(13)16/h4-5,7-8H,3,6H2,1-2H3,(H2,18,19,20,21). The third kappa shape index (κ3) is 3.89. The smallest absolute Gasteiger partial charge is 0.224 e. The molecule has 0 amide bonds. The second kappa shape index (κ2) is 6.66. The fourth-order valence-corrected chi connectivity index (χ4v) is 1.77. The molecular weight excluding hydrogens is 269 g/mol. The topological polar surface area (TPSA) is 73.6 Å². The highest BCUT2D eigenvalue weighted by molar-refractivity contribution is 5.59. The molecule has 1 aromatic carbocycles. The fraction of sp³-hybridized carbons (Fsp3) is 0.267. The van der Waals surface area contributed by atoms with Crippen LogP contribution in [0.15, 0.2) is 24.3 Å². The van der Waals surface area contributed by atoms with E-state index in [0.717, 1.165) is 18.7 Å². The van der Waals surface area contributed by atoms with Crippen LogP contribution >= 0.6 is 0 Å². The quantitative estimate of drug-likeness (QED) is 0.881. The van der Waals surface area contributed by atoms with Gasteiger partial charge in [-0.1, -0.05) is 6.92 Å². The van der Waals surface area contributed by atoms with Crippen molar-refractivity contribution in [3.63, 3.8) is 0 Å². The zero-order valence-electron chi connectivity index (χ0n) is 11.9. The van der Waals surface area contributed by atoms with E-state index < -0.39 is 5.82 Å². The molecule has 0 aliphatic rings. The Morgan fingerprint density at radius 3 is 2.76 bits per heavy atom. The number of aromatic nitrogens is 2. The molecule has 2 rings (SSSR count). The lowest BCUT2D eigenvalue weighted by Gasteiger charge is -2.10. The Balaban J connectivity index is 2.23. The molecule has 1 aromatic heterocycles. The lowest BCUT2D eigenvalue weighted by atomic mass is 10.2.